The minimum absolute atomic E-state index is 0.270. The molecule has 0 aliphatic rings. The van der Waals surface area contributed by atoms with E-state index in [-0.39, 0.29) is 5.92 Å². The van der Waals surface area contributed by atoms with Crippen molar-refractivity contribution in [2.24, 2.45) is 0 Å². The van der Waals surface area contributed by atoms with Crippen molar-refractivity contribution in [3.05, 3.63) is 11.9 Å². The number of hydrogen-bond donors (Lipinski definition) is 3. The zero-order valence-corrected chi connectivity index (χ0v) is 11.9. The molecule has 1 aromatic rings. The lowest BCUT2D eigenvalue weighted by atomic mass is 10.1. The summed E-state index contributed by atoms with van der Waals surface area (Å²) in [6.45, 7) is 10.9. The molecule has 5 nitrogen and oxygen atoms in total. The molecule has 0 aliphatic carbocycles. The summed E-state index contributed by atoms with van der Waals surface area (Å²) in [6, 6.07) is 1.86. The summed E-state index contributed by atoms with van der Waals surface area (Å²) < 4.78 is 0. The maximum absolute atomic E-state index is 9.71. The third-order valence-corrected chi connectivity index (χ3v) is 2.32. The fourth-order valence-corrected chi connectivity index (χ4v) is 1.39. The van der Waals surface area contributed by atoms with Crippen LogP contribution >= 0.6 is 0 Å². The van der Waals surface area contributed by atoms with Crippen molar-refractivity contribution in [3.63, 3.8) is 0 Å². The van der Waals surface area contributed by atoms with Gasteiger partial charge in [0.25, 0.3) is 0 Å². The fourth-order valence-electron chi connectivity index (χ4n) is 1.39. The summed E-state index contributed by atoms with van der Waals surface area (Å²) in [5.74, 6) is 2.62. The molecule has 5 heteroatoms. The molecule has 102 valence electrons. The van der Waals surface area contributed by atoms with Crippen molar-refractivity contribution in [2.45, 2.75) is 46.1 Å². The molecule has 3 N–H and O–H groups in total. The first-order valence-corrected chi connectivity index (χ1v) is 6.41. The highest BCUT2D eigenvalue weighted by Gasteiger charge is 2.13. The van der Waals surface area contributed by atoms with Crippen LogP contribution < -0.4 is 10.6 Å². The SMILES string of the molecule is CCNc1cc(NCC(C)(C)O)nc(C(C)C)n1. The van der Waals surface area contributed by atoms with Crippen LogP contribution in [-0.4, -0.2) is 33.8 Å². The Hall–Kier alpha value is -1.36. The molecule has 1 aromatic heterocycles. The van der Waals surface area contributed by atoms with E-state index < -0.39 is 5.60 Å². The van der Waals surface area contributed by atoms with Crippen molar-refractivity contribution >= 4 is 11.6 Å². The fraction of sp³-hybridized carbons (Fsp3) is 0.692. The Morgan fingerprint density at radius 3 is 2.22 bits per heavy atom. The molecule has 0 aromatic carbocycles. The molecule has 0 aliphatic heterocycles. The van der Waals surface area contributed by atoms with Crippen molar-refractivity contribution in [1.82, 2.24) is 9.97 Å². The van der Waals surface area contributed by atoms with Gasteiger partial charge in [-0.05, 0) is 20.8 Å². The van der Waals surface area contributed by atoms with Gasteiger partial charge in [-0.15, -0.1) is 0 Å². The quantitative estimate of drug-likeness (QED) is 0.724. The Labute approximate surface area is 109 Å². The standard InChI is InChI=1S/C13H24N4O/c1-6-14-10-7-11(15-8-13(4,5)18)17-12(16-10)9(2)3/h7,9,18H,6,8H2,1-5H3,(H2,14,15,16,17). The molecular weight excluding hydrogens is 228 g/mol. The molecular formula is C13H24N4O. The van der Waals surface area contributed by atoms with Gasteiger partial charge in [0.2, 0.25) is 0 Å². The van der Waals surface area contributed by atoms with Gasteiger partial charge in [-0.3, -0.25) is 0 Å². The Morgan fingerprint density at radius 1 is 1.22 bits per heavy atom. The predicted molar refractivity (Wildman–Crippen MR) is 75.1 cm³/mol. The largest absolute Gasteiger partial charge is 0.389 e. The topological polar surface area (TPSA) is 70.1 Å². The number of nitrogens with one attached hydrogen (secondary N) is 2. The zero-order chi connectivity index (χ0) is 13.8. The van der Waals surface area contributed by atoms with Crippen LogP contribution in [0.1, 0.15) is 46.4 Å². The van der Waals surface area contributed by atoms with E-state index in [0.717, 1.165) is 24.0 Å². The van der Waals surface area contributed by atoms with E-state index in [1.165, 1.54) is 0 Å². The maximum atomic E-state index is 9.71. The predicted octanol–water partition coefficient (Wildman–Crippen LogP) is 2.21. The summed E-state index contributed by atoms with van der Waals surface area (Å²) >= 11 is 0. The van der Waals surface area contributed by atoms with Crippen LogP contribution in [0.5, 0.6) is 0 Å². The lowest BCUT2D eigenvalue weighted by molar-refractivity contribution is 0.0944. The average molecular weight is 252 g/mol. The third-order valence-electron chi connectivity index (χ3n) is 2.32. The number of rotatable bonds is 6. The number of aliphatic hydroxyl groups is 1. The van der Waals surface area contributed by atoms with E-state index in [4.69, 9.17) is 0 Å². The second-order valence-electron chi connectivity index (χ2n) is 5.35. The molecule has 18 heavy (non-hydrogen) atoms. The number of aromatic nitrogens is 2. The first-order valence-electron chi connectivity index (χ1n) is 6.41. The van der Waals surface area contributed by atoms with Gasteiger partial charge >= 0.3 is 0 Å². The van der Waals surface area contributed by atoms with Gasteiger partial charge < -0.3 is 15.7 Å². The molecule has 0 radical (unpaired) electrons. The molecule has 0 spiro atoms. The van der Waals surface area contributed by atoms with E-state index in [9.17, 15) is 5.11 Å². The molecule has 0 amide bonds. The molecule has 0 saturated heterocycles. The monoisotopic (exact) mass is 252 g/mol. The molecule has 0 bridgehead atoms. The van der Waals surface area contributed by atoms with Crippen molar-refractivity contribution < 1.29 is 5.11 Å². The van der Waals surface area contributed by atoms with E-state index in [0.29, 0.717) is 6.54 Å². The molecule has 0 unspecified atom stereocenters. The first-order chi connectivity index (χ1) is 8.31. The van der Waals surface area contributed by atoms with Crippen molar-refractivity contribution in [1.29, 1.82) is 0 Å². The van der Waals surface area contributed by atoms with E-state index in [1.807, 2.05) is 13.0 Å². The summed E-state index contributed by atoms with van der Waals surface area (Å²) in [5, 5.41) is 16.0. The van der Waals surface area contributed by atoms with Crippen LogP contribution in [0, 0.1) is 0 Å². The van der Waals surface area contributed by atoms with Gasteiger partial charge in [-0.2, -0.15) is 0 Å². The highest BCUT2D eigenvalue weighted by atomic mass is 16.3. The Bertz CT molecular complexity index is 385. The minimum atomic E-state index is -0.763. The maximum Gasteiger partial charge on any atom is 0.135 e. The van der Waals surface area contributed by atoms with E-state index in [2.05, 4.69) is 34.4 Å². The minimum Gasteiger partial charge on any atom is -0.389 e. The van der Waals surface area contributed by atoms with Gasteiger partial charge in [0.15, 0.2) is 0 Å². The average Bonchev–Trinajstić information content (AvgIpc) is 2.25. The van der Waals surface area contributed by atoms with Crippen LogP contribution in [0.3, 0.4) is 0 Å². The van der Waals surface area contributed by atoms with E-state index >= 15 is 0 Å². The lowest BCUT2D eigenvalue weighted by Gasteiger charge is -2.19. The van der Waals surface area contributed by atoms with Crippen LogP contribution in [0.25, 0.3) is 0 Å². The van der Waals surface area contributed by atoms with Crippen molar-refractivity contribution in [2.75, 3.05) is 23.7 Å². The Morgan fingerprint density at radius 2 is 1.78 bits per heavy atom. The van der Waals surface area contributed by atoms with Crippen LogP contribution in [0.4, 0.5) is 11.6 Å². The molecule has 1 heterocycles. The third kappa shape index (κ3) is 4.87. The van der Waals surface area contributed by atoms with Crippen LogP contribution in [-0.2, 0) is 0 Å². The highest BCUT2D eigenvalue weighted by Crippen LogP contribution is 2.17. The van der Waals surface area contributed by atoms with Gasteiger partial charge in [0, 0.05) is 25.1 Å². The van der Waals surface area contributed by atoms with E-state index in [1.54, 1.807) is 13.8 Å². The highest BCUT2D eigenvalue weighted by molar-refractivity contribution is 5.48. The smallest absolute Gasteiger partial charge is 0.135 e. The van der Waals surface area contributed by atoms with Crippen molar-refractivity contribution in [3.8, 4) is 0 Å². The van der Waals surface area contributed by atoms with Gasteiger partial charge in [-0.25, -0.2) is 9.97 Å². The summed E-state index contributed by atoms with van der Waals surface area (Å²) in [6.07, 6.45) is 0. The number of anilines is 2. The zero-order valence-electron chi connectivity index (χ0n) is 11.9. The summed E-state index contributed by atoms with van der Waals surface area (Å²) in [7, 11) is 0. The summed E-state index contributed by atoms with van der Waals surface area (Å²) in [4.78, 5) is 8.89. The lowest BCUT2D eigenvalue weighted by Crippen LogP contribution is -2.29. The molecule has 0 saturated carbocycles. The van der Waals surface area contributed by atoms with Crippen LogP contribution in [0.2, 0.25) is 0 Å². The van der Waals surface area contributed by atoms with Crippen LogP contribution in [0.15, 0.2) is 6.07 Å². The molecule has 1 rings (SSSR count). The molecule has 0 fully saturated rings. The first kappa shape index (κ1) is 14.7. The second-order valence-corrected chi connectivity index (χ2v) is 5.35. The van der Waals surface area contributed by atoms with Gasteiger partial charge in [-0.1, -0.05) is 13.8 Å². The van der Waals surface area contributed by atoms with Gasteiger partial charge in [0.1, 0.15) is 17.5 Å². The summed E-state index contributed by atoms with van der Waals surface area (Å²) in [5.41, 5.74) is -0.763. The molecule has 0 atom stereocenters. The van der Waals surface area contributed by atoms with Gasteiger partial charge in [0.05, 0.1) is 5.60 Å². The number of hydrogen-bond acceptors (Lipinski definition) is 5. The second kappa shape index (κ2) is 6.00. The Kier molecular flexibility index (Phi) is 4.90. The normalized spacial score (nSPS) is 11.7. The Balaban J connectivity index is 2.89. The number of nitrogens with zero attached hydrogens (tertiary/aromatic N) is 2.